The monoisotopic (exact) mass is 437 g/mol. The fraction of sp³-hybridized carbons (Fsp3) is 0.538. The minimum atomic E-state index is -0.971. The molecule has 1 aromatic heterocycles. The number of aliphatic hydroxyl groups is 1. The molecule has 2 unspecified atom stereocenters. The maximum absolute atomic E-state index is 12.1. The highest BCUT2D eigenvalue weighted by molar-refractivity contribution is 5.52. The molecule has 0 radical (unpaired) electrons. The summed E-state index contributed by atoms with van der Waals surface area (Å²) >= 11 is 0. The molecule has 2 fully saturated rings. The maximum Gasteiger partial charge on any atom is 0.319 e. The zero-order chi connectivity index (χ0) is 22.6. The highest BCUT2D eigenvalue weighted by Gasteiger charge is 2.53. The molecule has 2 heterocycles. The maximum atomic E-state index is 12.1. The van der Waals surface area contributed by atoms with Crippen LogP contribution in [-0.2, 0) is 5.60 Å². The molecule has 1 aromatic carbocycles. The molecule has 32 heavy (non-hydrogen) atoms. The molecule has 2 aliphatic rings. The van der Waals surface area contributed by atoms with Crippen molar-refractivity contribution in [3.8, 4) is 11.9 Å². The average Bonchev–Trinajstić information content (AvgIpc) is 2.76. The first-order valence-electron chi connectivity index (χ1n) is 11.8. The van der Waals surface area contributed by atoms with Gasteiger partial charge in [-0.3, -0.25) is 4.90 Å². The Balaban J connectivity index is 1.56. The zero-order valence-electron chi connectivity index (χ0n) is 19.5. The molecule has 6 heteroatoms. The summed E-state index contributed by atoms with van der Waals surface area (Å²) in [4.78, 5) is 11.3. The summed E-state index contributed by atoms with van der Waals surface area (Å²) in [6.07, 6.45) is 7.11. The van der Waals surface area contributed by atoms with Crippen molar-refractivity contribution >= 4 is 6.08 Å². The smallest absolute Gasteiger partial charge is 0.319 e. The predicted octanol–water partition coefficient (Wildman–Crippen LogP) is 4.30. The Hall–Kier alpha value is -2.44. The molecule has 2 bridgehead atoms. The normalized spacial score (nSPS) is 26.1. The molecule has 6 nitrogen and oxygen atoms in total. The number of aromatic nitrogens is 2. The van der Waals surface area contributed by atoms with Crippen molar-refractivity contribution in [3.63, 3.8) is 0 Å². The van der Waals surface area contributed by atoms with Crippen molar-refractivity contribution < 1.29 is 14.6 Å². The van der Waals surface area contributed by atoms with Crippen molar-refractivity contribution in [3.05, 3.63) is 53.2 Å². The van der Waals surface area contributed by atoms with Gasteiger partial charge in [-0.25, -0.2) is 4.98 Å². The van der Waals surface area contributed by atoms with Crippen LogP contribution in [0.25, 0.3) is 6.08 Å². The summed E-state index contributed by atoms with van der Waals surface area (Å²) in [5.74, 6) is 0.708. The van der Waals surface area contributed by atoms with Gasteiger partial charge in [0, 0.05) is 37.7 Å². The summed E-state index contributed by atoms with van der Waals surface area (Å²) in [5, 5.41) is 12.1. The number of fused-ring (bicyclic) bond motifs is 2. The molecule has 1 aliphatic carbocycles. The molecular weight excluding hydrogens is 402 g/mol. The van der Waals surface area contributed by atoms with Gasteiger partial charge < -0.3 is 14.6 Å². The van der Waals surface area contributed by atoms with Crippen LogP contribution in [-0.4, -0.2) is 52.8 Å². The van der Waals surface area contributed by atoms with E-state index in [4.69, 9.17) is 9.47 Å². The largest absolute Gasteiger partial charge is 0.478 e. The fourth-order valence-electron chi connectivity index (χ4n) is 5.41. The van der Waals surface area contributed by atoms with E-state index in [0.717, 1.165) is 38.9 Å². The molecule has 172 valence electrons. The summed E-state index contributed by atoms with van der Waals surface area (Å²) in [6.45, 7) is 9.62. The Morgan fingerprint density at radius 1 is 1.12 bits per heavy atom. The Bertz CT molecular complexity index is 917. The van der Waals surface area contributed by atoms with Gasteiger partial charge in [-0.15, -0.1) is 0 Å². The predicted molar refractivity (Wildman–Crippen MR) is 126 cm³/mol. The van der Waals surface area contributed by atoms with E-state index in [2.05, 4.69) is 52.1 Å². The number of nitrogens with zero attached hydrogens (tertiary/aromatic N) is 3. The van der Waals surface area contributed by atoms with Crippen LogP contribution in [0.15, 0.2) is 42.1 Å². The van der Waals surface area contributed by atoms with Crippen LogP contribution in [0.1, 0.15) is 51.2 Å². The second-order valence-electron chi connectivity index (χ2n) is 8.98. The fourth-order valence-corrected chi connectivity index (χ4v) is 5.41. The number of rotatable bonds is 8. The van der Waals surface area contributed by atoms with Gasteiger partial charge in [0.05, 0.1) is 18.8 Å². The van der Waals surface area contributed by atoms with Gasteiger partial charge in [-0.1, -0.05) is 48.4 Å². The van der Waals surface area contributed by atoms with Crippen LogP contribution >= 0.6 is 0 Å². The SMILES string of the molecule is CCOc1ncc(C2(O)C3CCCC2CN(CC(C)=Cc2ccccc2)C3)c(OCC)n1. The van der Waals surface area contributed by atoms with Crippen LogP contribution in [0.2, 0.25) is 0 Å². The Morgan fingerprint density at radius 2 is 1.81 bits per heavy atom. The lowest BCUT2D eigenvalue weighted by molar-refractivity contribution is -0.147. The van der Waals surface area contributed by atoms with Crippen molar-refractivity contribution in [2.75, 3.05) is 32.8 Å². The molecule has 1 saturated carbocycles. The zero-order valence-corrected chi connectivity index (χ0v) is 19.5. The summed E-state index contributed by atoms with van der Waals surface area (Å²) in [5.41, 5.74) is 2.31. The third kappa shape index (κ3) is 4.66. The van der Waals surface area contributed by atoms with E-state index in [1.54, 1.807) is 6.20 Å². The average molecular weight is 438 g/mol. The molecule has 1 aliphatic heterocycles. The molecule has 2 aromatic rings. The summed E-state index contributed by atoms with van der Waals surface area (Å²) < 4.78 is 11.3. The quantitative estimate of drug-likeness (QED) is 0.664. The standard InChI is InChI=1S/C26H35N3O3/c1-4-31-24-23(15-27-25(28-24)32-5-2)26(30)21-12-9-13-22(26)18-29(17-21)16-19(3)14-20-10-7-6-8-11-20/h6-8,10-11,14-15,21-22,30H,4-5,9,12-13,16-18H2,1-3H3. The van der Waals surface area contributed by atoms with Gasteiger partial charge >= 0.3 is 6.01 Å². The molecule has 4 rings (SSSR count). The number of hydrogen-bond acceptors (Lipinski definition) is 6. The van der Waals surface area contributed by atoms with Gasteiger partial charge in [0.1, 0.15) is 5.60 Å². The van der Waals surface area contributed by atoms with E-state index in [9.17, 15) is 5.11 Å². The van der Waals surface area contributed by atoms with Gasteiger partial charge in [0.15, 0.2) is 0 Å². The minimum absolute atomic E-state index is 0.125. The van der Waals surface area contributed by atoms with Gasteiger partial charge in [0.2, 0.25) is 5.88 Å². The molecule has 1 saturated heterocycles. The second-order valence-corrected chi connectivity index (χ2v) is 8.98. The molecule has 0 amide bonds. The van der Waals surface area contributed by atoms with Crippen molar-refractivity contribution in [2.45, 2.75) is 45.6 Å². The van der Waals surface area contributed by atoms with Gasteiger partial charge in [-0.2, -0.15) is 4.98 Å². The lowest BCUT2D eigenvalue weighted by atomic mass is 9.63. The van der Waals surface area contributed by atoms with Crippen LogP contribution in [0.3, 0.4) is 0 Å². The Kier molecular flexibility index (Phi) is 7.11. The molecule has 2 atom stereocenters. The number of benzene rings is 1. The summed E-state index contributed by atoms with van der Waals surface area (Å²) in [7, 11) is 0. The van der Waals surface area contributed by atoms with E-state index in [1.807, 2.05) is 19.9 Å². The van der Waals surface area contributed by atoms with Gasteiger partial charge in [0.25, 0.3) is 0 Å². The van der Waals surface area contributed by atoms with E-state index in [-0.39, 0.29) is 11.8 Å². The highest BCUT2D eigenvalue weighted by atomic mass is 16.5. The molecule has 1 N–H and O–H groups in total. The number of piperidine rings is 1. The lowest BCUT2D eigenvalue weighted by Gasteiger charge is -2.53. The topological polar surface area (TPSA) is 67.7 Å². The van der Waals surface area contributed by atoms with E-state index in [1.165, 1.54) is 11.1 Å². The van der Waals surface area contributed by atoms with Crippen molar-refractivity contribution in [1.82, 2.24) is 14.9 Å². The van der Waals surface area contributed by atoms with Crippen molar-refractivity contribution in [1.29, 1.82) is 0 Å². The highest BCUT2D eigenvalue weighted by Crippen LogP contribution is 2.51. The van der Waals surface area contributed by atoms with E-state index in [0.29, 0.717) is 30.7 Å². The first kappa shape index (κ1) is 22.7. The number of hydrogen-bond donors (Lipinski definition) is 1. The third-order valence-corrected chi connectivity index (χ3v) is 6.71. The second kappa shape index (κ2) is 10.0. The molecular formula is C26H35N3O3. The lowest BCUT2D eigenvalue weighted by Crippen LogP contribution is -2.58. The van der Waals surface area contributed by atoms with Crippen LogP contribution in [0.5, 0.6) is 11.9 Å². The van der Waals surface area contributed by atoms with Crippen LogP contribution < -0.4 is 9.47 Å². The first-order chi connectivity index (χ1) is 15.5. The Morgan fingerprint density at radius 3 is 2.47 bits per heavy atom. The van der Waals surface area contributed by atoms with Crippen molar-refractivity contribution in [2.24, 2.45) is 11.8 Å². The minimum Gasteiger partial charge on any atom is -0.478 e. The van der Waals surface area contributed by atoms with E-state index >= 15 is 0 Å². The Labute approximate surface area is 191 Å². The van der Waals surface area contributed by atoms with E-state index < -0.39 is 5.60 Å². The molecule has 0 spiro atoms. The number of likely N-dealkylation sites (tertiary alicyclic amines) is 1. The summed E-state index contributed by atoms with van der Waals surface area (Å²) in [6, 6.07) is 10.7. The first-order valence-corrected chi connectivity index (χ1v) is 11.8. The third-order valence-electron chi connectivity index (χ3n) is 6.71. The van der Waals surface area contributed by atoms with Crippen LogP contribution in [0, 0.1) is 11.8 Å². The van der Waals surface area contributed by atoms with Crippen LogP contribution in [0.4, 0.5) is 0 Å². The number of ether oxygens (including phenoxy) is 2. The van der Waals surface area contributed by atoms with Gasteiger partial charge in [-0.05, 0) is 39.2 Å².